The van der Waals surface area contributed by atoms with Gasteiger partial charge >= 0.3 is 0 Å². The molecule has 2 aromatic rings. The smallest absolute Gasteiger partial charge is 0.290 e. The minimum atomic E-state index is -0.608. The normalized spacial score (nSPS) is 9.71. The highest BCUT2D eigenvalue weighted by Crippen LogP contribution is 2.28. The molecule has 0 aliphatic heterocycles. The van der Waals surface area contributed by atoms with Crippen molar-refractivity contribution in [2.24, 2.45) is 0 Å². The highest BCUT2D eigenvalue weighted by molar-refractivity contribution is 5.53. The van der Waals surface area contributed by atoms with Crippen LogP contribution in [0.4, 0.5) is 5.69 Å². The van der Waals surface area contributed by atoms with Crippen molar-refractivity contribution in [3.8, 4) is 23.3 Å². The fourth-order valence-corrected chi connectivity index (χ4v) is 1.73. The van der Waals surface area contributed by atoms with Crippen molar-refractivity contribution in [1.29, 1.82) is 5.26 Å². The van der Waals surface area contributed by atoms with E-state index in [1.165, 1.54) is 18.2 Å². The number of nitro groups is 1. The summed E-state index contributed by atoms with van der Waals surface area (Å²) in [6, 6.07) is 12.8. The lowest BCUT2D eigenvalue weighted by molar-refractivity contribution is -0.385. The van der Waals surface area contributed by atoms with E-state index in [0.29, 0.717) is 18.1 Å². The first-order valence-corrected chi connectivity index (χ1v) is 6.23. The third-order valence-electron chi connectivity index (χ3n) is 2.66. The van der Waals surface area contributed by atoms with E-state index in [2.05, 4.69) is 0 Å². The van der Waals surface area contributed by atoms with Crippen molar-refractivity contribution in [3.63, 3.8) is 0 Å². The molecule has 21 heavy (non-hydrogen) atoms. The van der Waals surface area contributed by atoms with Crippen molar-refractivity contribution in [2.75, 3.05) is 6.61 Å². The summed E-state index contributed by atoms with van der Waals surface area (Å²) in [7, 11) is 0. The highest BCUT2D eigenvalue weighted by Gasteiger charge is 2.15. The first kappa shape index (κ1) is 14.3. The molecule has 6 nitrogen and oxygen atoms in total. The van der Waals surface area contributed by atoms with E-state index in [1.54, 1.807) is 30.3 Å². The van der Waals surface area contributed by atoms with Crippen molar-refractivity contribution in [2.45, 2.75) is 6.92 Å². The number of nitrogens with zero attached hydrogens (tertiary/aromatic N) is 2. The van der Waals surface area contributed by atoms with E-state index in [-0.39, 0.29) is 11.3 Å². The molecule has 0 amide bonds. The van der Waals surface area contributed by atoms with Crippen LogP contribution in [0.3, 0.4) is 0 Å². The monoisotopic (exact) mass is 284 g/mol. The first-order valence-electron chi connectivity index (χ1n) is 6.23. The molecule has 0 aliphatic rings. The summed E-state index contributed by atoms with van der Waals surface area (Å²) in [4.78, 5) is 10.3. The highest BCUT2D eigenvalue weighted by atomic mass is 16.6. The number of hydrogen-bond acceptors (Lipinski definition) is 5. The number of benzene rings is 2. The maximum absolute atomic E-state index is 10.9. The molecule has 2 aromatic carbocycles. The predicted molar refractivity (Wildman–Crippen MR) is 75.5 cm³/mol. The van der Waals surface area contributed by atoms with Crippen LogP contribution in [0.1, 0.15) is 12.5 Å². The fourth-order valence-electron chi connectivity index (χ4n) is 1.73. The quantitative estimate of drug-likeness (QED) is 0.617. The van der Waals surface area contributed by atoms with Gasteiger partial charge in [-0.1, -0.05) is 0 Å². The summed E-state index contributed by atoms with van der Waals surface area (Å²) >= 11 is 0. The van der Waals surface area contributed by atoms with E-state index < -0.39 is 4.92 Å². The second-order valence-corrected chi connectivity index (χ2v) is 4.05. The molecule has 0 aliphatic carbocycles. The Morgan fingerprint density at radius 3 is 2.33 bits per heavy atom. The van der Waals surface area contributed by atoms with E-state index >= 15 is 0 Å². The summed E-state index contributed by atoms with van der Waals surface area (Å²) in [5.41, 5.74) is -0.278. The molecule has 0 spiro atoms. The molecule has 0 aromatic heterocycles. The van der Waals surface area contributed by atoms with Gasteiger partial charge in [-0.3, -0.25) is 10.1 Å². The minimum Gasteiger partial charge on any atom is -0.494 e. The average Bonchev–Trinajstić information content (AvgIpc) is 2.49. The zero-order valence-corrected chi connectivity index (χ0v) is 11.3. The van der Waals surface area contributed by atoms with Crippen LogP contribution in [0, 0.1) is 21.4 Å². The maximum Gasteiger partial charge on any atom is 0.290 e. The van der Waals surface area contributed by atoms with Gasteiger partial charge in [0.05, 0.1) is 17.6 Å². The largest absolute Gasteiger partial charge is 0.494 e. The third-order valence-corrected chi connectivity index (χ3v) is 2.66. The first-order chi connectivity index (χ1) is 10.1. The van der Waals surface area contributed by atoms with E-state index in [0.717, 1.165) is 5.75 Å². The van der Waals surface area contributed by atoms with Gasteiger partial charge in [0.25, 0.3) is 5.69 Å². The standard InChI is InChI=1S/C15H12N2O4/c1-2-20-12-5-7-13(8-6-12)21-14-4-3-11(10-16)15(9-14)17(18)19/h3-9H,2H2,1H3. The van der Waals surface area contributed by atoms with Gasteiger partial charge in [-0.05, 0) is 43.3 Å². The molecule has 0 saturated carbocycles. The zero-order chi connectivity index (χ0) is 15.2. The Kier molecular flexibility index (Phi) is 4.36. The molecular formula is C15H12N2O4. The number of nitro benzene ring substituents is 1. The van der Waals surface area contributed by atoms with Crippen LogP contribution in [0.5, 0.6) is 17.2 Å². The lowest BCUT2D eigenvalue weighted by atomic mass is 10.2. The van der Waals surface area contributed by atoms with Crippen LogP contribution >= 0.6 is 0 Å². The van der Waals surface area contributed by atoms with Crippen LogP contribution in [0.25, 0.3) is 0 Å². The lowest BCUT2D eigenvalue weighted by Crippen LogP contribution is -1.94. The predicted octanol–water partition coefficient (Wildman–Crippen LogP) is 3.66. The fraction of sp³-hybridized carbons (Fsp3) is 0.133. The molecule has 0 saturated heterocycles. The van der Waals surface area contributed by atoms with Crippen molar-refractivity contribution in [1.82, 2.24) is 0 Å². The van der Waals surface area contributed by atoms with Crippen LogP contribution in [-0.2, 0) is 0 Å². The van der Waals surface area contributed by atoms with Gasteiger partial charge in [0, 0.05) is 0 Å². The van der Waals surface area contributed by atoms with Crippen LogP contribution in [0.2, 0.25) is 0 Å². The topological polar surface area (TPSA) is 85.4 Å². The van der Waals surface area contributed by atoms with E-state index in [9.17, 15) is 10.1 Å². The van der Waals surface area contributed by atoms with Crippen LogP contribution in [0.15, 0.2) is 42.5 Å². The van der Waals surface area contributed by atoms with Crippen LogP contribution in [-0.4, -0.2) is 11.5 Å². The molecular weight excluding hydrogens is 272 g/mol. The Morgan fingerprint density at radius 2 is 1.76 bits per heavy atom. The number of nitriles is 1. The summed E-state index contributed by atoms with van der Waals surface area (Å²) < 4.78 is 10.8. The Bertz CT molecular complexity index is 690. The molecule has 106 valence electrons. The Labute approximate surface area is 121 Å². The summed E-state index contributed by atoms with van der Waals surface area (Å²) in [5, 5.41) is 19.7. The molecule has 0 radical (unpaired) electrons. The summed E-state index contributed by atoms with van der Waals surface area (Å²) in [5.74, 6) is 1.54. The minimum absolute atomic E-state index is 0.000885. The van der Waals surface area contributed by atoms with Crippen molar-refractivity contribution < 1.29 is 14.4 Å². The second-order valence-electron chi connectivity index (χ2n) is 4.05. The maximum atomic E-state index is 10.9. The van der Waals surface area contributed by atoms with Crippen LogP contribution < -0.4 is 9.47 Å². The Balaban J connectivity index is 2.21. The van der Waals surface area contributed by atoms with Gasteiger partial charge < -0.3 is 9.47 Å². The Morgan fingerprint density at radius 1 is 1.14 bits per heavy atom. The second kappa shape index (κ2) is 6.39. The molecule has 0 fully saturated rings. The van der Waals surface area contributed by atoms with Gasteiger partial charge in [-0.25, -0.2) is 0 Å². The number of ether oxygens (including phenoxy) is 2. The molecule has 6 heteroatoms. The third kappa shape index (κ3) is 3.48. The molecule has 0 atom stereocenters. The molecule has 0 N–H and O–H groups in total. The summed E-state index contributed by atoms with van der Waals surface area (Å²) in [6.07, 6.45) is 0. The molecule has 2 rings (SSSR count). The number of rotatable bonds is 5. The summed E-state index contributed by atoms with van der Waals surface area (Å²) in [6.45, 7) is 2.46. The van der Waals surface area contributed by atoms with Gasteiger partial charge in [-0.15, -0.1) is 0 Å². The average molecular weight is 284 g/mol. The lowest BCUT2D eigenvalue weighted by Gasteiger charge is -2.07. The SMILES string of the molecule is CCOc1ccc(Oc2ccc(C#N)c([N+](=O)[O-])c2)cc1. The molecule has 0 heterocycles. The van der Waals surface area contributed by atoms with Gasteiger partial charge in [-0.2, -0.15) is 5.26 Å². The zero-order valence-electron chi connectivity index (χ0n) is 11.3. The van der Waals surface area contributed by atoms with Crippen molar-refractivity contribution in [3.05, 3.63) is 58.1 Å². The van der Waals surface area contributed by atoms with Crippen molar-refractivity contribution >= 4 is 5.69 Å². The van der Waals surface area contributed by atoms with E-state index in [1.807, 2.05) is 6.92 Å². The van der Waals surface area contributed by atoms with Gasteiger partial charge in [0.15, 0.2) is 0 Å². The van der Waals surface area contributed by atoms with Gasteiger partial charge in [0.2, 0.25) is 0 Å². The molecule has 0 unspecified atom stereocenters. The number of hydrogen-bond donors (Lipinski definition) is 0. The Hall–Kier alpha value is -3.07. The van der Waals surface area contributed by atoms with E-state index in [4.69, 9.17) is 14.7 Å². The van der Waals surface area contributed by atoms with Gasteiger partial charge in [0.1, 0.15) is 28.9 Å². The molecule has 0 bridgehead atoms.